The summed E-state index contributed by atoms with van der Waals surface area (Å²) >= 11 is 0. The second kappa shape index (κ2) is 9.17. The minimum absolute atomic E-state index is 0.0638. The Balaban J connectivity index is 2.03. The van der Waals surface area contributed by atoms with Gasteiger partial charge in [-0.15, -0.1) is 0 Å². The van der Waals surface area contributed by atoms with E-state index in [1.54, 1.807) is 18.2 Å². The first-order chi connectivity index (χ1) is 12.3. The smallest absolute Gasteiger partial charge is 0.251 e. The molecule has 1 aromatic carbocycles. The second-order valence-electron chi connectivity index (χ2n) is 8.22. The molecule has 0 aliphatic heterocycles. The van der Waals surface area contributed by atoms with Crippen LogP contribution in [0.2, 0.25) is 0 Å². The maximum absolute atomic E-state index is 12.7. The van der Waals surface area contributed by atoms with Crippen molar-refractivity contribution >= 4 is 17.5 Å². The first kappa shape index (κ1) is 20.4. The quantitative estimate of drug-likeness (QED) is 0.694. The monoisotopic (exact) mass is 359 g/mol. The minimum atomic E-state index is -0.438. The molecule has 1 aliphatic carbocycles. The molecule has 5 heteroatoms. The zero-order valence-electron chi connectivity index (χ0n) is 16.3. The van der Waals surface area contributed by atoms with Crippen LogP contribution in [-0.2, 0) is 4.79 Å². The van der Waals surface area contributed by atoms with E-state index in [0.29, 0.717) is 23.7 Å². The Bertz CT molecular complexity index is 623. The lowest BCUT2D eigenvalue weighted by atomic mass is 9.88. The van der Waals surface area contributed by atoms with Crippen LogP contribution in [0.15, 0.2) is 24.3 Å². The summed E-state index contributed by atoms with van der Waals surface area (Å²) in [5.74, 6) is 0.430. The van der Waals surface area contributed by atoms with Crippen LogP contribution >= 0.6 is 0 Å². The highest BCUT2D eigenvalue weighted by Crippen LogP contribution is 2.25. The van der Waals surface area contributed by atoms with Gasteiger partial charge >= 0.3 is 0 Å². The summed E-state index contributed by atoms with van der Waals surface area (Å²) in [7, 11) is 0. The molecule has 5 nitrogen and oxygen atoms in total. The highest BCUT2D eigenvalue weighted by atomic mass is 16.2. The van der Waals surface area contributed by atoms with Crippen LogP contribution in [0.3, 0.4) is 0 Å². The lowest BCUT2D eigenvalue weighted by Crippen LogP contribution is -2.52. The van der Waals surface area contributed by atoms with E-state index in [2.05, 4.69) is 24.5 Å². The third-order valence-electron chi connectivity index (χ3n) is 5.09. The van der Waals surface area contributed by atoms with Gasteiger partial charge in [-0.2, -0.15) is 0 Å². The third-order valence-corrected chi connectivity index (χ3v) is 5.09. The van der Waals surface area contributed by atoms with Crippen LogP contribution < -0.4 is 16.4 Å². The molecule has 1 saturated carbocycles. The Morgan fingerprint density at radius 2 is 1.92 bits per heavy atom. The highest BCUT2D eigenvalue weighted by Gasteiger charge is 2.26. The van der Waals surface area contributed by atoms with Gasteiger partial charge in [-0.3, -0.25) is 9.59 Å². The van der Waals surface area contributed by atoms with Crippen molar-refractivity contribution in [2.45, 2.75) is 64.8 Å². The Morgan fingerprint density at radius 3 is 2.54 bits per heavy atom. The summed E-state index contributed by atoms with van der Waals surface area (Å²) in [4.78, 5) is 25.1. The van der Waals surface area contributed by atoms with E-state index in [4.69, 9.17) is 5.73 Å². The molecule has 1 aliphatic rings. The highest BCUT2D eigenvalue weighted by molar-refractivity contribution is 5.98. The van der Waals surface area contributed by atoms with Gasteiger partial charge in [0.2, 0.25) is 5.91 Å². The number of hydrogen-bond acceptors (Lipinski definition) is 3. The fraction of sp³-hybridized carbons (Fsp3) is 0.619. The van der Waals surface area contributed by atoms with Gasteiger partial charge in [0.25, 0.3) is 5.91 Å². The van der Waals surface area contributed by atoms with Crippen LogP contribution in [-0.4, -0.2) is 23.9 Å². The van der Waals surface area contributed by atoms with Crippen molar-refractivity contribution < 1.29 is 9.59 Å². The fourth-order valence-electron chi connectivity index (χ4n) is 3.78. The van der Waals surface area contributed by atoms with E-state index >= 15 is 0 Å². The maximum atomic E-state index is 12.7. The number of rotatable bonds is 7. The van der Waals surface area contributed by atoms with Gasteiger partial charge < -0.3 is 16.4 Å². The molecule has 2 amide bonds. The molecule has 0 bridgehead atoms. The third kappa shape index (κ3) is 5.84. The maximum Gasteiger partial charge on any atom is 0.251 e. The summed E-state index contributed by atoms with van der Waals surface area (Å²) in [5.41, 5.74) is 6.66. The number of nitrogens with two attached hydrogens (primary N) is 1. The molecule has 0 heterocycles. The molecule has 0 saturated heterocycles. The molecule has 0 aromatic heterocycles. The van der Waals surface area contributed by atoms with Gasteiger partial charge in [-0.1, -0.05) is 39.2 Å². The van der Waals surface area contributed by atoms with Crippen LogP contribution in [0, 0.1) is 11.8 Å². The van der Waals surface area contributed by atoms with Gasteiger partial charge in [0.05, 0.1) is 0 Å². The first-order valence-corrected chi connectivity index (χ1v) is 9.76. The normalized spacial score (nSPS) is 17.6. The number of nitrogens with one attached hydrogen (secondary N) is 2. The van der Waals surface area contributed by atoms with Gasteiger partial charge in [-0.25, -0.2) is 0 Å². The van der Waals surface area contributed by atoms with Crippen molar-refractivity contribution in [1.82, 2.24) is 5.32 Å². The van der Waals surface area contributed by atoms with Crippen LogP contribution in [0.1, 0.15) is 69.7 Å². The van der Waals surface area contributed by atoms with Gasteiger partial charge in [0.1, 0.15) is 0 Å². The van der Waals surface area contributed by atoms with Crippen LogP contribution in [0.4, 0.5) is 5.69 Å². The molecule has 1 unspecified atom stereocenters. The topological polar surface area (TPSA) is 84.2 Å². The summed E-state index contributed by atoms with van der Waals surface area (Å²) in [6.07, 6.45) is 6.18. The average molecular weight is 360 g/mol. The van der Waals surface area contributed by atoms with Crippen LogP contribution in [0.25, 0.3) is 0 Å². The number of carbonyl (C=O) groups is 2. The van der Waals surface area contributed by atoms with Crippen molar-refractivity contribution in [3.63, 3.8) is 0 Å². The SMILES string of the molecule is CC(C)CC(C)(CN)NC(=O)c1cccc(NC(=O)C2CCCCC2)c1. The van der Waals surface area contributed by atoms with Gasteiger partial charge in [-0.05, 0) is 50.3 Å². The lowest BCUT2D eigenvalue weighted by molar-refractivity contribution is -0.120. The average Bonchev–Trinajstić information content (AvgIpc) is 2.62. The molecule has 0 radical (unpaired) electrons. The lowest BCUT2D eigenvalue weighted by Gasteiger charge is -2.31. The van der Waals surface area contributed by atoms with E-state index in [9.17, 15) is 9.59 Å². The van der Waals surface area contributed by atoms with Crippen molar-refractivity contribution in [2.75, 3.05) is 11.9 Å². The Kier molecular flexibility index (Phi) is 7.21. The molecule has 1 fully saturated rings. The molecular weight excluding hydrogens is 326 g/mol. The van der Waals surface area contributed by atoms with E-state index in [1.807, 2.05) is 13.0 Å². The molecule has 0 spiro atoms. The summed E-state index contributed by atoms with van der Waals surface area (Å²) in [6, 6.07) is 7.13. The van der Waals surface area contributed by atoms with Crippen molar-refractivity contribution in [2.24, 2.45) is 17.6 Å². The van der Waals surface area contributed by atoms with Crippen molar-refractivity contribution in [3.8, 4) is 0 Å². The first-order valence-electron chi connectivity index (χ1n) is 9.76. The molecular formula is C21H33N3O2. The van der Waals surface area contributed by atoms with E-state index in [-0.39, 0.29) is 17.7 Å². The van der Waals surface area contributed by atoms with Gasteiger partial charge in [0, 0.05) is 29.3 Å². The Labute approximate surface area is 157 Å². The molecule has 144 valence electrons. The molecule has 1 aromatic rings. The zero-order chi connectivity index (χ0) is 19.2. The molecule has 4 N–H and O–H groups in total. The molecule has 2 rings (SSSR count). The Morgan fingerprint density at radius 1 is 1.23 bits per heavy atom. The second-order valence-corrected chi connectivity index (χ2v) is 8.22. The molecule has 1 atom stereocenters. The Hall–Kier alpha value is -1.88. The predicted octanol–water partition coefficient (Wildman–Crippen LogP) is 3.70. The number of anilines is 1. The van der Waals surface area contributed by atoms with E-state index in [0.717, 1.165) is 32.1 Å². The van der Waals surface area contributed by atoms with E-state index < -0.39 is 5.54 Å². The predicted molar refractivity (Wildman–Crippen MR) is 106 cm³/mol. The summed E-state index contributed by atoms with van der Waals surface area (Å²) in [5, 5.41) is 6.03. The van der Waals surface area contributed by atoms with Crippen molar-refractivity contribution in [3.05, 3.63) is 29.8 Å². The largest absolute Gasteiger partial charge is 0.346 e. The van der Waals surface area contributed by atoms with Crippen molar-refractivity contribution in [1.29, 1.82) is 0 Å². The van der Waals surface area contributed by atoms with Crippen LogP contribution in [0.5, 0.6) is 0 Å². The van der Waals surface area contributed by atoms with Gasteiger partial charge in [0.15, 0.2) is 0 Å². The summed E-state index contributed by atoms with van der Waals surface area (Å²) < 4.78 is 0. The molecule has 26 heavy (non-hydrogen) atoms. The number of hydrogen-bond donors (Lipinski definition) is 3. The number of amides is 2. The number of carbonyl (C=O) groups excluding carboxylic acids is 2. The fourth-order valence-corrected chi connectivity index (χ4v) is 3.78. The minimum Gasteiger partial charge on any atom is -0.346 e. The summed E-state index contributed by atoms with van der Waals surface area (Å²) in [6.45, 7) is 6.58. The van der Waals surface area contributed by atoms with E-state index in [1.165, 1.54) is 6.42 Å². The standard InChI is InChI=1S/C21H33N3O2/c1-15(2)13-21(3,14-22)24-20(26)17-10-7-11-18(12-17)23-19(25)16-8-5-4-6-9-16/h7,10-12,15-16H,4-6,8-9,13-14,22H2,1-3H3,(H,23,25)(H,24,26). The zero-order valence-corrected chi connectivity index (χ0v) is 16.3. The number of benzene rings is 1.